The van der Waals surface area contributed by atoms with Gasteiger partial charge in [-0.3, -0.25) is 19.2 Å². The third-order valence-corrected chi connectivity index (χ3v) is 7.50. The number of hydrogen-bond acceptors (Lipinski definition) is 8. The van der Waals surface area contributed by atoms with Crippen molar-refractivity contribution in [3.8, 4) is 11.5 Å². The Kier molecular flexibility index (Phi) is 13.1. The van der Waals surface area contributed by atoms with Gasteiger partial charge in [-0.2, -0.15) is 0 Å². The van der Waals surface area contributed by atoms with Gasteiger partial charge in [-0.05, 0) is 56.2 Å². The third kappa shape index (κ3) is 10.1. The lowest BCUT2D eigenvalue weighted by Gasteiger charge is -2.33. The van der Waals surface area contributed by atoms with Crippen molar-refractivity contribution in [2.24, 2.45) is 11.3 Å². The van der Waals surface area contributed by atoms with E-state index < -0.39 is 40.5 Å². The zero-order valence-electron chi connectivity index (χ0n) is 26.3. The molecule has 0 spiro atoms. The molecule has 11 nitrogen and oxygen atoms in total. The zero-order chi connectivity index (χ0) is 33.0. The molecule has 3 amide bonds. The number of benzene rings is 1. The van der Waals surface area contributed by atoms with E-state index in [-0.39, 0.29) is 70.5 Å². The molecule has 2 aromatic rings. The van der Waals surface area contributed by atoms with Crippen molar-refractivity contribution in [2.75, 3.05) is 46.5 Å². The van der Waals surface area contributed by atoms with Crippen LogP contribution in [0.25, 0.3) is 0 Å². The first-order chi connectivity index (χ1) is 21.5. The van der Waals surface area contributed by atoms with E-state index in [0.29, 0.717) is 30.4 Å². The van der Waals surface area contributed by atoms with Gasteiger partial charge in [-0.25, -0.2) is 13.8 Å². The number of halogens is 2. The monoisotopic (exact) mass is 632 g/mol. The van der Waals surface area contributed by atoms with E-state index in [1.54, 1.807) is 25.1 Å². The predicted octanol–water partition coefficient (Wildman–Crippen LogP) is 3.44. The van der Waals surface area contributed by atoms with Crippen molar-refractivity contribution in [1.29, 1.82) is 0 Å². The lowest BCUT2D eigenvalue weighted by atomic mass is 9.76. The molecule has 3 heterocycles. The largest absolute Gasteiger partial charge is 0.493 e. The molecule has 1 aromatic heterocycles. The van der Waals surface area contributed by atoms with E-state index >= 15 is 0 Å². The number of hydrogen-bond donors (Lipinski definition) is 2. The second-order valence-corrected chi connectivity index (χ2v) is 11.4. The van der Waals surface area contributed by atoms with Crippen molar-refractivity contribution < 1.29 is 42.2 Å². The summed E-state index contributed by atoms with van der Waals surface area (Å²) in [5.41, 5.74) is -0.906. The summed E-state index contributed by atoms with van der Waals surface area (Å²) in [6.07, 6.45) is 2.32. The molecule has 2 aliphatic heterocycles. The second-order valence-electron chi connectivity index (χ2n) is 11.4. The summed E-state index contributed by atoms with van der Waals surface area (Å²) in [6.45, 7) is 5.64. The summed E-state index contributed by atoms with van der Waals surface area (Å²) >= 11 is 0. The Balaban J connectivity index is 1.93. The van der Waals surface area contributed by atoms with Crippen LogP contribution < -0.4 is 20.1 Å². The highest BCUT2D eigenvalue weighted by Crippen LogP contribution is 2.35. The Hall–Kier alpha value is -4.29. The van der Waals surface area contributed by atoms with Crippen molar-refractivity contribution in [2.45, 2.75) is 52.9 Å². The number of amides is 3. The molecule has 1 atom stereocenters. The van der Waals surface area contributed by atoms with Crippen LogP contribution in [0.1, 0.15) is 62.5 Å². The number of aromatic nitrogens is 1. The van der Waals surface area contributed by atoms with Crippen molar-refractivity contribution in [3.05, 3.63) is 53.4 Å². The summed E-state index contributed by atoms with van der Waals surface area (Å²) in [4.78, 5) is 57.1. The van der Waals surface area contributed by atoms with Gasteiger partial charge in [0, 0.05) is 38.7 Å². The van der Waals surface area contributed by atoms with Crippen LogP contribution in [0.4, 0.5) is 8.78 Å². The molecule has 1 aromatic carbocycles. The number of pyridine rings is 1. The number of carbonyl (C=O) groups is 4. The quantitative estimate of drug-likeness (QED) is 0.350. The van der Waals surface area contributed by atoms with Crippen LogP contribution >= 0.6 is 0 Å². The summed E-state index contributed by atoms with van der Waals surface area (Å²) < 4.78 is 44.5. The summed E-state index contributed by atoms with van der Waals surface area (Å²) in [5, 5.41) is 5.55. The summed E-state index contributed by atoms with van der Waals surface area (Å²) in [7, 11) is 1.46. The van der Waals surface area contributed by atoms with E-state index in [1.165, 1.54) is 12.0 Å². The molecule has 4 rings (SSSR count). The van der Waals surface area contributed by atoms with Crippen molar-refractivity contribution in [3.63, 3.8) is 0 Å². The molecule has 0 saturated heterocycles. The Bertz CT molecular complexity index is 1360. The first-order valence-electron chi connectivity index (χ1n) is 15.1. The number of nitrogens with zero attached hydrogens (tertiary/aromatic N) is 2. The minimum atomic E-state index is -1.12. The first kappa shape index (κ1) is 35.2. The molecule has 0 fully saturated rings. The van der Waals surface area contributed by atoms with Gasteiger partial charge in [0.15, 0.2) is 29.6 Å². The highest BCUT2D eigenvalue weighted by Gasteiger charge is 2.40. The van der Waals surface area contributed by atoms with Crippen LogP contribution in [0.3, 0.4) is 0 Å². The molecular weight excluding hydrogens is 590 g/mol. The molecule has 0 radical (unpaired) electrons. The molecule has 45 heavy (non-hydrogen) atoms. The average Bonchev–Trinajstić information content (AvgIpc) is 3.00. The van der Waals surface area contributed by atoms with Crippen molar-refractivity contribution in [1.82, 2.24) is 20.5 Å². The number of carbonyl (C=O) groups excluding carboxylic acids is 4. The third-order valence-electron chi connectivity index (χ3n) is 7.50. The highest BCUT2D eigenvalue weighted by atomic mass is 19.1. The predicted molar refractivity (Wildman–Crippen MR) is 161 cm³/mol. The average molecular weight is 633 g/mol. The van der Waals surface area contributed by atoms with Crippen LogP contribution in [0.15, 0.2) is 30.5 Å². The van der Waals surface area contributed by atoms with E-state index in [4.69, 9.17) is 14.2 Å². The van der Waals surface area contributed by atoms with Crippen LogP contribution in [0, 0.1) is 23.0 Å². The molecule has 2 aliphatic rings. The standard InChI is InChI=1S/C32H42F2N4O7/c1-5-44-31(42)32(11-10-21(2)3)17-22-8-9-25(26(15-22)43-4)45-19-28(40)35-12-14-38(13-6-7-27(39)37-20-32)30(41)29-24(34)16-23(33)18-36-29/h8-9,15-16,18,21H,5-7,10-14,17,19-20H2,1-4H3,(H,35,40)(H,37,39). The molecule has 0 saturated carbocycles. The Morgan fingerprint density at radius 2 is 1.91 bits per heavy atom. The maximum absolute atomic E-state index is 14.4. The van der Waals surface area contributed by atoms with E-state index in [9.17, 15) is 28.0 Å². The van der Waals surface area contributed by atoms with Gasteiger partial charge in [0.1, 0.15) is 5.82 Å². The van der Waals surface area contributed by atoms with Gasteiger partial charge in [-0.1, -0.05) is 19.9 Å². The first-order valence-corrected chi connectivity index (χ1v) is 15.1. The molecule has 13 heteroatoms. The Labute approximate surface area is 262 Å². The maximum Gasteiger partial charge on any atom is 0.314 e. The normalized spacial score (nSPS) is 18.6. The van der Waals surface area contributed by atoms with Gasteiger partial charge in [0.05, 0.1) is 25.3 Å². The van der Waals surface area contributed by atoms with E-state index in [2.05, 4.69) is 15.6 Å². The molecular formula is C32H42F2N4O7. The summed E-state index contributed by atoms with van der Waals surface area (Å²) in [6, 6.07) is 5.73. The van der Waals surface area contributed by atoms with Crippen LogP contribution in [0.5, 0.6) is 11.5 Å². The smallest absolute Gasteiger partial charge is 0.314 e. The lowest BCUT2D eigenvalue weighted by Crippen LogP contribution is -2.46. The van der Waals surface area contributed by atoms with Crippen LogP contribution in [0.2, 0.25) is 0 Å². The van der Waals surface area contributed by atoms with Gasteiger partial charge in [0.25, 0.3) is 11.8 Å². The fraction of sp³-hybridized carbons (Fsp3) is 0.531. The van der Waals surface area contributed by atoms with Gasteiger partial charge in [-0.15, -0.1) is 0 Å². The van der Waals surface area contributed by atoms with Gasteiger partial charge >= 0.3 is 5.97 Å². The van der Waals surface area contributed by atoms with E-state index in [1.807, 2.05) is 13.8 Å². The Morgan fingerprint density at radius 1 is 1.13 bits per heavy atom. The van der Waals surface area contributed by atoms with Crippen LogP contribution in [-0.4, -0.2) is 80.1 Å². The maximum atomic E-state index is 14.4. The Morgan fingerprint density at radius 3 is 2.60 bits per heavy atom. The number of nitrogens with one attached hydrogen (secondary N) is 2. The topological polar surface area (TPSA) is 136 Å². The van der Waals surface area contributed by atoms with Gasteiger partial charge in [0.2, 0.25) is 5.91 Å². The zero-order valence-corrected chi connectivity index (χ0v) is 26.3. The molecule has 2 N–H and O–H groups in total. The number of methoxy groups -OCH3 is 1. The molecule has 246 valence electrons. The molecule has 1 unspecified atom stereocenters. The highest BCUT2D eigenvalue weighted by molar-refractivity contribution is 5.92. The minimum absolute atomic E-state index is 0.00305. The number of ether oxygens (including phenoxy) is 3. The fourth-order valence-corrected chi connectivity index (χ4v) is 5.01. The van der Waals surface area contributed by atoms with E-state index in [0.717, 1.165) is 11.8 Å². The lowest BCUT2D eigenvalue weighted by molar-refractivity contribution is -0.156. The number of esters is 1. The SMILES string of the molecule is CCOC(=O)C1(CCC(C)C)CNC(=O)CCCN(C(=O)c2ncc(F)cc2F)CCNC(=O)COc2ccc(cc2OC)C1. The minimum Gasteiger partial charge on any atom is -0.493 e. The number of rotatable bonds is 7. The van der Waals surface area contributed by atoms with Crippen LogP contribution in [-0.2, 0) is 25.5 Å². The molecule has 2 bridgehead atoms. The summed E-state index contributed by atoms with van der Waals surface area (Å²) in [5.74, 6) is -3.18. The number of fused-ring (bicyclic) bond motifs is 16. The fourth-order valence-electron chi connectivity index (χ4n) is 5.01. The molecule has 0 aliphatic carbocycles. The second kappa shape index (κ2) is 16.7. The van der Waals surface area contributed by atoms with Gasteiger partial charge < -0.3 is 29.7 Å². The van der Waals surface area contributed by atoms with Crippen molar-refractivity contribution >= 4 is 23.7 Å².